The lowest BCUT2D eigenvalue weighted by atomic mass is 9.84. The Bertz CT molecular complexity index is 1060. The van der Waals surface area contributed by atoms with Gasteiger partial charge in [0.05, 0.1) is 19.9 Å². The lowest BCUT2D eigenvalue weighted by Crippen LogP contribution is -2.44. The molecule has 7 heteroatoms. The molecule has 31 heavy (non-hydrogen) atoms. The van der Waals surface area contributed by atoms with Crippen LogP contribution in [0.1, 0.15) is 23.6 Å². The number of carbonyl (C=O) groups is 1. The van der Waals surface area contributed by atoms with Crippen LogP contribution in [0.4, 0.5) is 0 Å². The monoisotopic (exact) mass is 420 g/mol. The fourth-order valence-electron chi connectivity index (χ4n) is 3.33. The molecule has 0 saturated carbocycles. The molecule has 3 N–H and O–H groups in total. The quantitative estimate of drug-likeness (QED) is 0.403. The third-order valence-electron chi connectivity index (χ3n) is 4.94. The number of hydrogen-bond acceptors (Lipinski definition) is 6. The van der Waals surface area contributed by atoms with Crippen molar-refractivity contribution in [2.45, 2.75) is 12.5 Å². The summed E-state index contributed by atoms with van der Waals surface area (Å²) in [6, 6.07) is 20.0. The summed E-state index contributed by atoms with van der Waals surface area (Å²) in [7, 11) is 2.92. The molecule has 0 spiro atoms. The Morgan fingerprint density at radius 2 is 1.35 bits per heavy atom. The first-order valence-corrected chi connectivity index (χ1v) is 9.56. The van der Waals surface area contributed by atoms with Gasteiger partial charge in [-0.2, -0.15) is 5.10 Å². The highest BCUT2D eigenvalue weighted by atomic mass is 16.5. The van der Waals surface area contributed by atoms with Gasteiger partial charge in [0.1, 0.15) is 17.2 Å². The number of hydrogen-bond donors (Lipinski definition) is 3. The van der Waals surface area contributed by atoms with Crippen LogP contribution in [0.25, 0.3) is 0 Å². The van der Waals surface area contributed by atoms with E-state index in [1.165, 1.54) is 20.3 Å². The summed E-state index contributed by atoms with van der Waals surface area (Å²) in [4.78, 5) is 13.4. The molecule has 0 aliphatic rings. The van der Waals surface area contributed by atoms with E-state index in [9.17, 15) is 15.0 Å². The second-order valence-corrected chi connectivity index (χ2v) is 6.77. The Balaban J connectivity index is 2.10. The van der Waals surface area contributed by atoms with Crippen molar-refractivity contribution >= 4 is 11.6 Å². The van der Waals surface area contributed by atoms with Crippen LogP contribution in [0.2, 0.25) is 0 Å². The Kier molecular flexibility index (Phi) is 6.57. The number of methoxy groups -OCH3 is 2. The Morgan fingerprint density at radius 3 is 1.87 bits per heavy atom. The number of para-hydroxylation sites is 3. The number of carbonyl (C=O) groups excluding carboxylic acids is 1. The van der Waals surface area contributed by atoms with Crippen LogP contribution >= 0.6 is 0 Å². The predicted molar refractivity (Wildman–Crippen MR) is 117 cm³/mol. The zero-order chi connectivity index (χ0) is 22.4. The fourth-order valence-corrected chi connectivity index (χ4v) is 3.33. The maximum absolute atomic E-state index is 13.4. The lowest BCUT2D eigenvalue weighted by Gasteiger charge is -2.29. The third-order valence-corrected chi connectivity index (χ3v) is 4.94. The van der Waals surface area contributed by atoms with Crippen LogP contribution in [-0.2, 0) is 10.4 Å². The summed E-state index contributed by atoms with van der Waals surface area (Å²) < 4.78 is 10.8. The summed E-state index contributed by atoms with van der Waals surface area (Å²) in [5.74, 6) is -0.126. The Morgan fingerprint density at radius 1 is 0.871 bits per heavy atom. The number of phenols is 1. The first-order valence-electron chi connectivity index (χ1n) is 9.56. The van der Waals surface area contributed by atoms with E-state index in [1.807, 2.05) is 0 Å². The molecule has 3 rings (SSSR count). The fraction of sp³-hybridized carbons (Fsp3) is 0.167. The molecular formula is C24H24N2O5. The first-order chi connectivity index (χ1) is 14.9. The van der Waals surface area contributed by atoms with Gasteiger partial charge in [-0.05, 0) is 31.2 Å². The van der Waals surface area contributed by atoms with Crippen LogP contribution in [0.15, 0.2) is 77.9 Å². The molecule has 0 aliphatic carbocycles. The zero-order valence-electron chi connectivity index (χ0n) is 17.5. The second kappa shape index (κ2) is 9.32. The van der Waals surface area contributed by atoms with E-state index in [2.05, 4.69) is 10.5 Å². The number of phenolic OH excluding ortho intramolecular Hbond substituents is 1. The van der Waals surface area contributed by atoms with E-state index in [0.717, 1.165) is 0 Å². The van der Waals surface area contributed by atoms with Crippen LogP contribution in [0, 0.1) is 0 Å². The summed E-state index contributed by atoms with van der Waals surface area (Å²) in [6.45, 7) is 1.64. The van der Waals surface area contributed by atoms with E-state index < -0.39 is 11.5 Å². The van der Waals surface area contributed by atoms with Crippen molar-refractivity contribution in [1.82, 2.24) is 5.43 Å². The van der Waals surface area contributed by atoms with Crippen molar-refractivity contribution in [2.75, 3.05) is 14.2 Å². The van der Waals surface area contributed by atoms with Gasteiger partial charge >= 0.3 is 0 Å². The molecule has 0 fully saturated rings. The van der Waals surface area contributed by atoms with E-state index >= 15 is 0 Å². The molecule has 0 aromatic heterocycles. The van der Waals surface area contributed by atoms with Crippen molar-refractivity contribution in [2.24, 2.45) is 5.10 Å². The van der Waals surface area contributed by atoms with Gasteiger partial charge in [0.15, 0.2) is 0 Å². The average Bonchev–Trinajstić information content (AvgIpc) is 2.81. The zero-order valence-corrected chi connectivity index (χ0v) is 17.5. The van der Waals surface area contributed by atoms with E-state index in [-0.39, 0.29) is 16.9 Å². The number of aromatic hydroxyl groups is 1. The van der Waals surface area contributed by atoms with Crippen LogP contribution in [0.3, 0.4) is 0 Å². The number of amides is 1. The number of hydrazone groups is 1. The van der Waals surface area contributed by atoms with Gasteiger partial charge in [0, 0.05) is 16.7 Å². The van der Waals surface area contributed by atoms with Crippen LogP contribution in [0.5, 0.6) is 17.2 Å². The normalized spacial score (nSPS) is 11.7. The number of ether oxygens (including phenoxy) is 2. The summed E-state index contributed by atoms with van der Waals surface area (Å²) in [6.07, 6.45) is 0. The topological polar surface area (TPSA) is 100 Å². The highest BCUT2D eigenvalue weighted by Gasteiger charge is 2.44. The number of nitrogens with one attached hydrogen (secondary N) is 1. The average molecular weight is 420 g/mol. The first kappa shape index (κ1) is 21.9. The molecule has 0 saturated heterocycles. The molecule has 1 amide bonds. The van der Waals surface area contributed by atoms with Gasteiger partial charge in [0.25, 0.3) is 5.91 Å². The molecule has 0 atom stereocenters. The number of aliphatic hydroxyl groups is 1. The summed E-state index contributed by atoms with van der Waals surface area (Å²) in [5, 5.41) is 25.9. The van der Waals surface area contributed by atoms with Gasteiger partial charge < -0.3 is 19.7 Å². The molecule has 7 nitrogen and oxygen atoms in total. The molecule has 0 unspecified atom stereocenters. The summed E-state index contributed by atoms with van der Waals surface area (Å²) >= 11 is 0. The minimum atomic E-state index is -2.16. The Hall–Kier alpha value is -3.84. The number of rotatable bonds is 7. The number of benzene rings is 3. The molecular weight excluding hydrogens is 396 g/mol. The van der Waals surface area contributed by atoms with Gasteiger partial charge in [-0.25, -0.2) is 5.43 Å². The molecule has 160 valence electrons. The molecule has 0 radical (unpaired) electrons. The van der Waals surface area contributed by atoms with Gasteiger partial charge in [0.2, 0.25) is 5.60 Å². The molecule has 0 heterocycles. The minimum absolute atomic E-state index is 0.0303. The van der Waals surface area contributed by atoms with E-state index in [1.54, 1.807) is 73.7 Å². The standard InChI is InChI=1S/C24H24N2O5/c1-16(17-10-4-7-13-20(17)27)25-26-23(28)24(29,18-11-5-8-14-21(18)30-2)19-12-6-9-15-22(19)31-3/h4-15,27,29H,1-3H3,(H,26,28)/b25-16-. The van der Waals surface area contributed by atoms with Crippen LogP contribution < -0.4 is 14.9 Å². The smallest absolute Gasteiger partial charge is 0.281 e. The molecule has 0 aliphatic heterocycles. The Labute approximate surface area is 180 Å². The highest BCUT2D eigenvalue weighted by Crippen LogP contribution is 2.40. The molecule has 0 bridgehead atoms. The van der Waals surface area contributed by atoms with Crippen molar-refractivity contribution in [3.63, 3.8) is 0 Å². The van der Waals surface area contributed by atoms with Crippen molar-refractivity contribution in [3.05, 3.63) is 89.5 Å². The molecule has 3 aromatic carbocycles. The largest absolute Gasteiger partial charge is 0.507 e. The van der Waals surface area contributed by atoms with Crippen molar-refractivity contribution in [1.29, 1.82) is 0 Å². The van der Waals surface area contributed by atoms with Crippen LogP contribution in [-0.4, -0.2) is 36.1 Å². The maximum atomic E-state index is 13.4. The minimum Gasteiger partial charge on any atom is -0.507 e. The number of nitrogens with zero attached hydrogens (tertiary/aromatic N) is 1. The highest BCUT2D eigenvalue weighted by molar-refractivity contribution is 6.02. The van der Waals surface area contributed by atoms with E-state index in [0.29, 0.717) is 22.8 Å². The van der Waals surface area contributed by atoms with E-state index in [4.69, 9.17) is 9.47 Å². The van der Waals surface area contributed by atoms with Gasteiger partial charge in [-0.15, -0.1) is 0 Å². The van der Waals surface area contributed by atoms with Gasteiger partial charge in [-0.1, -0.05) is 48.5 Å². The van der Waals surface area contributed by atoms with Crippen molar-refractivity contribution < 1.29 is 24.5 Å². The van der Waals surface area contributed by atoms with Gasteiger partial charge in [-0.3, -0.25) is 4.79 Å². The lowest BCUT2D eigenvalue weighted by molar-refractivity contribution is -0.136. The third kappa shape index (κ3) is 4.22. The second-order valence-electron chi connectivity index (χ2n) is 6.77. The predicted octanol–water partition coefficient (Wildman–Crippen LogP) is 3.19. The SMILES string of the molecule is COc1ccccc1C(O)(C(=O)N/N=C(/C)c1ccccc1O)c1ccccc1OC. The van der Waals surface area contributed by atoms with Crippen molar-refractivity contribution in [3.8, 4) is 17.2 Å². The molecule has 3 aromatic rings. The maximum Gasteiger partial charge on any atom is 0.281 e. The summed E-state index contributed by atoms with van der Waals surface area (Å²) in [5.41, 5.74) is 1.55.